The third-order valence-electron chi connectivity index (χ3n) is 8.86. The topological polar surface area (TPSA) is 170 Å². The van der Waals surface area contributed by atoms with E-state index in [9.17, 15) is 34.1 Å². The second-order valence-corrected chi connectivity index (χ2v) is 12.6. The highest BCUT2D eigenvalue weighted by Gasteiger charge is 2.18. The molecule has 6 aromatic rings. The molecule has 1 amide bonds. The lowest BCUT2D eigenvalue weighted by molar-refractivity contribution is 0.0468. The summed E-state index contributed by atoms with van der Waals surface area (Å²) in [5.41, 5.74) is 3.99. The Morgan fingerprint density at radius 2 is 1.57 bits per heavy atom. The maximum absolute atomic E-state index is 14.9. The van der Waals surface area contributed by atoms with Gasteiger partial charge in [-0.25, -0.2) is 14.0 Å². The number of pyridine rings is 1. The fourth-order valence-corrected chi connectivity index (χ4v) is 6.04. The normalized spacial score (nSPS) is 12.2. The van der Waals surface area contributed by atoms with Gasteiger partial charge >= 0.3 is 12.1 Å². The maximum atomic E-state index is 14.9. The Kier molecular flexibility index (Phi) is 12.0. The molecule has 2 atom stereocenters. The van der Waals surface area contributed by atoms with Gasteiger partial charge in [-0.3, -0.25) is 4.79 Å². The lowest BCUT2D eigenvalue weighted by Crippen LogP contribution is -2.27. The Labute approximate surface area is 309 Å². The lowest BCUT2D eigenvalue weighted by atomic mass is 9.98. The van der Waals surface area contributed by atoms with E-state index in [1.165, 1.54) is 18.2 Å². The average molecular weight is 732 g/mol. The van der Waals surface area contributed by atoms with Crippen molar-refractivity contribution < 1.29 is 38.8 Å². The molecule has 0 fully saturated rings. The number of phenolic OH excluding ortho intramolecular Hbond substituents is 1. The van der Waals surface area contributed by atoms with Gasteiger partial charge in [-0.05, 0) is 83.2 Å². The first kappa shape index (κ1) is 37.3. The second-order valence-electron chi connectivity index (χ2n) is 12.6. The monoisotopic (exact) mass is 731 g/mol. The number of hydrogen-bond acceptors (Lipinski definition) is 8. The number of ether oxygens (including phenoxy) is 2. The largest absolute Gasteiger partial charge is 0.506 e. The number of halogens is 1. The number of aromatic nitrogens is 1. The summed E-state index contributed by atoms with van der Waals surface area (Å²) in [5.74, 6) is -0.647. The molecule has 5 aromatic carbocycles. The van der Waals surface area contributed by atoms with Crippen LogP contribution in [0.2, 0.25) is 0 Å². The minimum absolute atomic E-state index is 0.0866. The molecular weight excluding hydrogens is 693 g/mol. The van der Waals surface area contributed by atoms with Gasteiger partial charge in [0.05, 0.1) is 23.2 Å². The Morgan fingerprint density at radius 1 is 0.815 bits per heavy atom. The minimum Gasteiger partial charge on any atom is -0.506 e. The SMILES string of the molecule is O=C(O)NC(c1ccccc1)c1cccc(OCc2ccc(C(=O)OCc3ccc(CCNCC(O)c4ccc(O)c5[nH]c(=O)ccc45)cc3F)cc2)c1. The van der Waals surface area contributed by atoms with Crippen molar-refractivity contribution in [3.05, 3.63) is 176 Å². The summed E-state index contributed by atoms with van der Waals surface area (Å²) >= 11 is 0. The molecule has 2 unspecified atom stereocenters. The summed E-state index contributed by atoms with van der Waals surface area (Å²) in [6, 6.07) is 33.1. The molecule has 0 aliphatic carbocycles. The van der Waals surface area contributed by atoms with Crippen LogP contribution in [0.4, 0.5) is 9.18 Å². The number of aromatic hydroxyl groups is 1. The fraction of sp³-hybridized carbons (Fsp3) is 0.167. The number of phenols is 1. The number of fused-ring (bicyclic) bond motifs is 1. The summed E-state index contributed by atoms with van der Waals surface area (Å²) in [7, 11) is 0. The molecule has 0 bridgehead atoms. The van der Waals surface area contributed by atoms with E-state index in [1.807, 2.05) is 36.4 Å². The molecule has 0 spiro atoms. The predicted molar refractivity (Wildman–Crippen MR) is 200 cm³/mol. The van der Waals surface area contributed by atoms with E-state index >= 15 is 0 Å². The molecule has 0 aliphatic rings. The van der Waals surface area contributed by atoms with Crippen molar-refractivity contribution in [1.82, 2.24) is 15.6 Å². The molecule has 0 saturated heterocycles. The first-order valence-corrected chi connectivity index (χ1v) is 17.2. The zero-order valence-corrected chi connectivity index (χ0v) is 29.0. The van der Waals surface area contributed by atoms with Crippen molar-refractivity contribution >= 4 is 23.0 Å². The van der Waals surface area contributed by atoms with Gasteiger partial charge in [0.2, 0.25) is 5.56 Å². The van der Waals surface area contributed by atoms with E-state index < -0.39 is 30.0 Å². The summed E-state index contributed by atoms with van der Waals surface area (Å²) < 4.78 is 26.3. The number of carboxylic acid groups (broad SMARTS) is 1. The van der Waals surface area contributed by atoms with E-state index in [4.69, 9.17) is 9.47 Å². The number of aromatic amines is 1. The van der Waals surface area contributed by atoms with Crippen LogP contribution in [0.15, 0.2) is 126 Å². The van der Waals surface area contributed by atoms with Gasteiger partial charge in [0.25, 0.3) is 0 Å². The maximum Gasteiger partial charge on any atom is 0.405 e. The summed E-state index contributed by atoms with van der Waals surface area (Å²) in [6.45, 7) is 0.599. The van der Waals surface area contributed by atoms with Crippen LogP contribution >= 0.6 is 0 Å². The summed E-state index contributed by atoms with van der Waals surface area (Å²) in [4.78, 5) is 38.5. The Hall–Kier alpha value is -6.50. The number of H-pyrrole nitrogens is 1. The van der Waals surface area contributed by atoms with Crippen LogP contribution in [0.1, 0.15) is 55.9 Å². The van der Waals surface area contributed by atoms with Gasteiger partial charge in [0, 0.05) is 23.6 Å². The second kappa shape index (κ2) is 17.3. The van der Waals surface area contributed by atoms with Gasteiger partial charge in [-0.1, -0.05) is 72.8 Å². The third kappa shape index (κ3) is 9.48. The number of hydrogen-bond donors (Lipinski definition) is 6. The van der Waals surface area contributed by atoms with Gasteiger partial charge in [0.15, 0.2) is 0 Å². The molecule has 11 nitrogen and oxygen atoms in total. The quantitative estimate of drug-likeness (QED) is 0.0508. The molecule has 0 saturated carbocycles. The summed E-state index contributed by atoms with van der Waals surface area (Å²) in [6.07, 6.45) is -1.58. The van der Waals surface area contributed by atoms with Gasteiger partial charge in [0.1, 0.15) is 30.5 Å². The van der Waals surface area contributed by atoms with Gasteiger partial charge in [-0.15, -0.1) is 0 Å². The first-order chi connectivity index (χ1) is 26.1. The van der Waals surface area contributed by atoms with Crippen LogP contribution in [0.25, 0.3) is 10.9 Å². The third-order valence-corrected chi connectivity index (χ3v) is 8.86. The first-order valence-electron chi connectivity index (χ1n) is 17.2. The van der Waals surface area contributed by atoms with Crippen LogP contribution < -0.4 is 20.9 Å². The number of aliphatic hydroxyl groups is 1. The standard InChI is InChI=1S/C42H38FN3O8/c43-35-21-26(19-20-44-23-37(48)33-15-17-36(47)40-34(33)16-18-38(49)45-40)9-14-31(35)25-54-41(50)29-12-10-27(11-13-29)24-53-32-8-4-7-30(22-32)39(46-42(51)52)28-5-2-1-3-6-28/h1-18,21-22,37,39,44,46-48H,19-20,23-25H2,(H,45,49)(H,51,52). The predicted octanol–water partition coefficient (Wildman–Crippen LogP) is 6.53. The fourth-order valence-electron chi connectivity index (χ4n) is 6.04. The zero-order valence-electron chi connectivity index (χ0n) is 29.0. The minimum atomic E-state index is -1.14. The number of esters is 1. The highest BCUT2D eigenvalue weighted by molar-refractivity contribution is 5.89. The molecule has 0 aliphatic heterocycles. The highest BCUT2D eigenvalue weighted by Crippen LogP contribution is 2.29. The number of rotatable bonds is 15. The van der Waals surface area contributed by atoms with E-state index in [-0.39, 0.29) is 42.1 Å². The Bertz CT molecular complexity index is 2300. The molecule has 12 heteroatoms. The van der Waals surface area contributed by atoms with E-state index in [0.29, 0.717) is 35.2 Å². The van der Waals surface area contributed by atoms with Crippen LogP contribution in [0.3, 0.4) is 0 Å². The molecule has 6 rings (SSSR count). The lowest BCUT2D eigenvalue weighted by Gasteiger charge is -2.19. The van der Waals surface area contributed by atoms with E-state index in [0.717, 1.165) is 22.3 Å². The number of aliphatic hydroxyl groups excluding tert-OH is 1. The number of amides is 1. The molecule has 54 heavy (non-hydrogen) atoms. The van der Waals surface area contributed by atoms with Gasteiger partial charge < -0.3 is 40.4 Å². The molecule has 1 aromatic heterocycles. The smallest absolute Gasteiger partial charge is 0.405 e. The van der Waals surface area contributed by atoms with Crippen LogP contribution in [-0.2, 0) is 24.4 Å². The van der Waals surface area contributed by atoms with Crippen molar-refractivity contribution in [3.63, 3.8) is 0 Å². The van der Waals surface area contributed by atoms with E-state index in [2.05, 4.69) is 15.6 Å². The van der Waals surface area contributed by atoms with Gasteiger partial charge in [-0.2, -0.15) is 0 Å². The Morgan fingerprint density at radius 3 is 2.33 bits per heavy atom. The molecule has 6 N–H and O–H groups in total. The number of carbonyl (C=O) groups excluding carboxylic acids is 1. The van der Waals surface area contributed by atoms with Crippen molar-refractivity contribution in [3.8, 4) is 11.5 Å². The van der Waals surface area contributed by atoms with E-state index in [1.54, 1.807) is 66.7 Å². The number of benzene rings is 5. The molecule has 1 heterocycles. The Balaban J connectivity index is 0.959. The highest BCUT2D eigenvalue weighted by atomic mass is 19.1. The molecular formula is C42H38FN3O8. The zero-order chi connectivity index (χ0) is 38.0. The molecule has 276 valence electrons. The number of carbonyl (C=O) groups is 2. The average Bonchev–Trinajstić information content (AvgIpc) is 3.18. The molecule has 0 radical (unpaired) electrons. The van der Waals surface area contributed by atoms with Crippen LogP contribution in [-0.4, -0.2) is 45.5 Å². The van der Waals surface area contributed by atoms with Crippen molar-refractivity contribution in [1.29, 1.82) is 0 Å². The van der Waals surface area contributed by atoms with Crippen molar-refractivity contribution in [2.75, 3.05) is 13.1 Å². The number of nitrogens with one attached hydrogen (secondary N) is 3. The van der Waals surface area contributed by atoms with Crippen molar-refractivity contribution in [2.45, 2.75) is 31.8 Å². The van der Waals surface area contributed by atoms with Crippen LogP contribution in [0, 0.1) is 5.82 Å². The van der Waals surface area contributed by atoms with Crippen molar-refractivity contribution in [2.24, 2.45) is 0 Å². The summed E-state index contributed by atoms with van der Waals surface area (Å²) in [5, 5.41) is 36.4. The van der Waals surface area contributed by atoms with Crippen LogP contribution in [0.5, 0.6) is 11.5 Å².